The van der Waals surface area contributed by atoms with E-state index in [1.165, 1.54) is 0 Å². The van der Waals surface area contributed by atoms with Crippen molar-refractivity contribution in [3.8, 4) is 6.07 Å². The number of anilines is 2. The minimum Gasteiger partial charge on any atom is -0.398 e. The zero-order valence-corrected chi connectivity index (χ0v) is 9.49. The summed E-state index contributed by atoms with van der Waals surface area (Å²) in [6.45, 7) is 7.31. The molecule has 0 spiro atoms. The third kappa shape index (κ3) is 2.41. The van der Waals surface area contributed by atoms with Crippen molar-refractivity contribution in [1.29, 1.82) is 5.26 Å². The van der Waals surface area contributed by atoms with Crippen LogP contribution in [0.5, 0.6) is 0 Å². The zero-order valence-electron chi connectivity index (χ0n) is 9.49. The summed E-state index contributed by atoms with van der Waals surface area (Å²) in [5.74, 6) is 0. The highest BCUT2D eigenvalue weighted by atomic mass is 15.1. The van der Waals surface area contributed by atoms with Crippen molar-refractivity contribution >= 4 is 11.4 Å². The normalized spacial score (nSPS) is 10.1. The maximum atomic E-state index is 8.77. The first-order valence-electron chi connectivity index (χ1n) is 5.16. The molecule has 1 aromatic carbocycles. The maximum Gasteiger partial charge on any atom is 0.101 e. The number of nitriles is 1. The topological polar surface area (TPSA) is 53.0 Å². The first kappa shape index (κ1) is 11.4. The third-order valence-electron chi connectivity index (χ3n) is 2.45. The van der Waals surface area contributed by atoms with E-state index in [-0.39, 0.29) is 0 Å². The van der Waals surface area contributed by atoms with Crippen LogP contribution in [0.3, 0.4) is 0 Å². The fraction of sp³-hybridized carbons (Fsp3) is 0.417. The molecule has 1 aromatic rings. The lowest BCUT2D eigenvalue weighted by Crippen LogP contribution is -2.30. The number of nitrogens with zero attached hydrogens (tertiary/aromatic N) is 2. The van der Waals surface area contributed by atoms with Crippen LogP contribution in [-0.4, -0.2) is 12.6 Å². The number of nitrogen functional groups attached to an aromatic ring is 1. The molecule has 3 nitrogen and oxygen atoms in total. The summed E-state index contributed by atoms with van der Waals surface area (Å²) in [5.41, 5.74) is 7.94. The van der Waals surface area contributed by atoms with Crippen LogP contribution >= 0.6 is 0 Å². The summed E-state index contributed by atoms with van der Waals surface area (Å²) in [5, 5.41) is 8.77. The van der Waals surface area contributed by atoms with Gasteiger partial charge in [0.25, 0.3) is 0 Å². The van der Waals surface area contributed by atoms with E-state index in [4.69, 9.17) is 11.0 Å². The molecule has 0 unspecified atom stereocenters. The van der Waals surface area contributed by atoms with Gasteiger partial charge in [0.2, 0.25) is 0 Å². The number of nitrogens with two attached hydrogens (primary N) is 1. The van der Waals surface area contributed by atoms with Gasteiger partial charge in [0, 0.05) is 18.3 Å². The van der Waals surface area contributed by atoms with Gasteiger partial charge < -0.3 is 10.6 Å². The maximum absolute atomic E-state index is 8.77. The second-order valence-corrected chi connectivity index (χ2v) is 3.76. The smallest absolute Gasteiger partial charge is 0.101 e. The van der Waals surface area contributed by atoms with Gasteiger partial charge in [0.15, 0.2) is 0 Å². The van der Waals surface area contributed by atoms with E-state index in [1.54, 1.807) is 6.07 Å². The Kier molecular flexibility index (Phi) is 3.56. The van der Waals surface area contributed by atoms with E-state index in [0.29, 0.717) is 17.3 Å². The van der Waals surface area contributed by atoms with Gasteiger partial charge in [0.1, 0.15) is 6.07 Å². The average Bonchev–Trinajstić information content (AvgIpc) is 2.18. The lowest BCUT2D eigenvalue weighted by atomic mass is 10.1. The average molecular weight is 203 g/mol. The summed E-state index contributed by atoms with van der Waals surface area (Å²) in [6, 6.07) is 8.08. The number of benzene rings is 1. The van der Waals surface area contributed by atoms with Crippen molar-refractivity contribution in [1.82, 2.24) is 0 Å². The fourth-order valence-corrected chi connectivity index (χ4v) is 1.68. The molecule has 2 N–H and O–H groups in total. The van der Waals surface area contributed by atoms with Gasteiger partial charge in [0.05, 0.1) is 11.3 Å². The Labute approximate surface area is 91.1 Å². The van der Waals surface area contributed by atoms with Gasteiger partial charge in [-0.3, -0.25) is 0 Å². The highest BCUT2D eigenvalue weighted by Gasteiger charge is 2.09. The summed E-state index contributed by atoms with van der Waals surface area (Å²) < 4.78 is 0. The van der Waals surface area contributed by atoms with Crippen LogP contribution in [0, 0.1) is 11.3 Å². The minimum absolute atomic E-state index is 0.433. The largest absolute Gasteiger partial charge is 0.398 e. The van der Waals surface area contributed by atoms with Crippen LogP contribution in [0.2, 0.25) is 0 Å². The Bertz CT molecular complexity index is 377. The third-order valence-corrected chi connectivity index (χ3v) is 2.45. The Morgan fingerprint density at radius 3 is 2.53 bits per heavy atom. The number of hydrogen-bond donors (Lipinski definition) is 1. The second kappa shape index (κ2) is 4.70. The molecule has 0 heterocycles. The molecule has 80 valence electrons. The van der Waals surface area contributed by atoms with Crippen molar-refractivity contribution in [3.63, 3.8) is 0 Å². The van der Waals surface area contributed by atoms with E-state index >= 15 is 0 Å². The van der Waals surface area contributed by atoms with Gasteiger partial charge in [-0.15, -0.1) is 0 Å². The van der Waals surface area contributed by atoms with E-state index in [9.17, 15) is 0 Å². The molecular formula is C12H17N3. The van der Waals surface area contributed by atoms with E-state index in [2.05, 4.69) is 31.7 Å². The van der Waals surface area contributed by atoms with Crippen LogP contribution in [0.4, 0.5) is 11.4 Å². The highest BCUT2D eigenvalue weighted by Crippen LogP contribution is 2.22. The van der Waals surface area contributed by atoms with Crippen molar-refractivity contribution < 1.29 is 0 Å². The minimum atomic E-state index is 0.433. The lowest BCUT2D eigenvalue weighted by molar-refractivity contribution is 0.704. The summed E-state index contributed by atoms with van der Waals surface area (Å²) in [4.78, 5) is 2.23. The van der Waals surface area contributed by atoms with Crippen molar-refractivity contribution in [2.75, 3.05) is 17.2 Å². The van der Waals surface area contributed by atoms with E-state index in [1.807, 2.05) is 12.1 Å². The summed E-state index contributed by atoms with van der Waals surface area (Å²) >= 11 is 0. The fourth-order valence-electron chi connectivity index (χ4n) is 1.68. The molecule has 3 heteroatoms. The second-order valence-electron chi connectivity index (χ2n) is 3.76. The van der Waals surface area contributed by atoms with Crippen molar-refractivity contribution in [3.05, 3.63) is 23.8 Å². The molecule has 0 radical (unpaired) electrons. The van der Waals surface area contributed by atoms with Crippen LogP contribution in [0.1, 0.15) is 26.3 Å². The van der Waals surface area contributed by atoms with Crippen LogP contribution in [0.25, 0.3) is 0 Å². The predicted octanol–water partition coefficient (Wildman–Crippen LogP) is 2.38. The summed E-state index contributed by atoms with van der Waals surface area (Å²) in [6.07, 6.45) is 0. The van der Waals surface area contributed by atoms with Gasteiger partial charge in [-0.25, -0.2) is 0 Å². The van der Waals surface area contributed by atoms with Crippen molar-refractivity contribution in [2.24, 2.45) is 0 Å². The van der Waals surface area contributed by atoms with Gasteiger partial charge in [-0.2, -0.15) is 5.26 Å². The molecule has 0 aliphatic carbocycles. The quantitative estimate of drug-likeness (QED) is 0.767. The van der Waals surface area contributed by atoms with Crippen LogP contribution < -0.4 is 10.6 Å². The Balaban J connectivity index is 3.06. The Morgan fingerprint density at radius 1 is 1.47 bits per heavy atom. The molecule has 0 aliphatic heterocycles. The highest BCUT2D eigenvalue weighted by molar-refractivity contribution is 5.63. The van der Waals surface area contributed by atoms with E-state index in [0.717, 1.165) is 12.2 Å². The first-order valence-corrected chi connectivity index (χ1v) is 5.16. The van der Waals surface area contributed by atoms with Gasteiger partial charge in [-0.05, 0) is 39.0 Å². The molecule has 15 heavy (non-hydrogen) atoms. The SMILES string of the molecule is CCN(c1ccc(C#N)c(N)c1)C(C)C. The molecular weight excluding hydrogens is 186 g/mol. The molecule has 0 fully saturated rings. The van der Waals surface area contributed by atoms with Crippen LogP contribution in [0.15, 0.2) is 18.2 Å². The number of rotatable bonds is 3. The van der Waals surface area contributed by atoms with Gasteiger partial charge >= 0.3 is 0 Å². The van der Waals surface area contributed by atoms with Gasteiger partial charge in [-0.1, -0.05) is 0 Å². The Morgan fingerprint density at radius 2 is 2.13 bits per heavy atom. The predicted molar refractivity (Wildman–Crippen MR) is 63.7 cm³/mol. The molecule has 0 bridgehead atoms. The molecule has 0 aliphatic rings. The zero-order chi connectivity index (χ0) is 11.4. The monoisotopic (exact) mass is 203 g/mol. The molecule has 0 atom stereocenters. The van der Waals surface area contributed by atoms with Crippen LogP contribution in [-0.2, 0) is 0 Å². The van der Waals surface area contributed by atoms with Crippen molar-refractivity contribution in [2.45, 2.75) is 26.8 Å². The number of hydrogen-bond acceptors (Lipinski definition) is 3. The van der Waals surface area contributed by atoms with E-state index < -0.39 is 0 Å². The lowest BCUT2D eigenvalue weighted by Gasteiger charge is -2.27. The molecule has 1 rings (SSSR count). The summed E-state index contributed by atoms with van der Waals surface area (Å²) in [7, 11) is 0. The first-order chi connectivity index (χ1) is 7.10. The molecule has 0 amide bonds. The standard InChI is InChI=1S/C12H17N3/c1-4-15(9(2)3)11-6-5-10(8-13)12(14)7-11/h5-7,9H,4,14H2,1-3H3. The Hall–Kier alpha value is -1.69. The molecule has 0 saturated carbocycles. The molecule has 0 aromatic heterocycles. The molecule has 0 saturated heterocycles.